The summed E-state index contributed by atoms with van der Waals surface area (Å²) in [5, 5.41) is 13.2. The van der Waals surface area contributed by atoms with Gasteiger partial charge in [-0.15, -0.1) is 10.2 Å². The third-order valence-corrected chi connectivity index (χ3v) is 6.64. The van der Waals surface area contributed by atoms with Gasteiger partial charge in [0.05, 0.1) is 18.7 Å². The SMILES string of the molecule is COc1ccc(N2CC(C(=O)N3CCN(c4ccc(-n5nc(C)cc5C)nn4)CC3)CC2=O)cc1. The van der Waals surface area contributed by atoms with Crippen LogP contribution in [0.4, 0.5) is 11.5 Å². The van der Waals surface area contributed by atoms with E-state index in [0.717, 1.165) is 28.6 Å². The molecule has 2 aromatic heterocycles. The Morgan fingerprint density at radius 3 is 2.26 bits per heavy atom. The molecule has 2 saturated heterocycles. The van der Waals surface area contributed by atoms with Crippen molar-refractivity contribution in [3.63, 3.8) is 0 Å². The number of piperazine rings is 1. The van der Waals surface area contributed by atoms with Gasteiger partial charge >= 0.3 is 0 Å². The van der Waals surface area contributed by atoms with Crippen LogP contribution in [0.5, 0.6) is 5.75 Å². The normalized spacial score (nSPS) is 18.3. The highest BCUT2D eigenvalue weighted by Gasteiger charge is 2.38. The van der Waals surface area contributed by atoms with Gasteiger partial charge in [0.25, 0.3) is 0 Å². The molecule has 0 radical (unpaired) electrons. The Morgan fingerprint density at radius 2 is 1.66 bits per heavy atom. The van der Waals surface area contributed by atoms with Gasteiger partial charge in [0, 0.05) is 50.5 Å². The summed E-state index contributed by atoms with van der Waals surface area (Å²) in [5.74, 6) is 1.89. The van der Waals surface area contributed by atoms with Crippen LogP contribution in [0.15, 0.2) is 42.5 Å². The van der Waals surface area contributed by atoms with Crippen molar-refractivity contribution in [2.75, 3.05) is 49.6 Å². The predicted molar refractivity (Wildman–Crippen MR) is 131 cm³/mol. The first kappa shape index (κ1) is 22.8. The van der Waals surface area contributed by atoms with Gasteiger partial charge in [-0.1, -0.05) is 0 Å². The summed E-state index contributed by atoms with van der Waals surface area (Å²) in [5.41, 5.74) is 2.73. The molecule has 35 heavy (non-hydrogen) atoms. The van der Waals surface area contributed by atoms with E-state index in [2.05, 4.69) is 20.2 Å². The van der Waals surface area contributed by atoms with Crippen molar-refractivity contribution >= 4 is 23.3 Å². The van der Waals surface area contributed by atoms with Crippen LogP contribution in [0, 0.1) is 19.8 Å². The van der Waals surface area contributed by atoms with Gasteiger partial charge in [-0.25, -0.2) is 4.68 Å². The number of rotatable bonds is 5. The lowest BCUT2D eigenvalue weighted by atomic mass is 10.1. The van der Waals surface area contributed by atoms with Crippen LogP contribution in [0.2, 0.25) is 0 Å². The van der Waals surface area contributed by atoms with Crippen LogP contribution in [0.25, 0.3) is 5.82 Å². The molecule has 3 aromatic rings. The molecule has 1 unspecified atom stereocenters. The fraction of sp³-hybridized carbons (Fsp3) is 0.400. The molecular weight excluding hydrogens is 446 g/mol. The lowest BCUT2D eigenvalue weighted by Crippen LogP contribution is -2.51. The quantitative estimate of drug-likeness (QED) is 0.557. The Hall–Kier alpha value is -3.95. The predicted octanol–water partition coefficient (Wildman–Crippen LogP) is 1.99. The van der Waals surface area contributed by atoms with Gasteiger partial charge < -0.3 is 19.4 Å². The molecule has 1 aromatic carbocycles. The fourth-order valence-corrected chi connectivity index (χ4v) is 4.76. The molecule has 0 N–H and O–H groups in total. The minimum Gasteiger partial charge on any atom is -0.497 e. The summed E-state index contributed by atoms with van der Waals surface area (Å²) in [6.45, 7) is 6.86. The molecule has 182 valence electrons. The molecule has 0 spiro atoms. The van der Waals surface area contributed by atoms with Gasteiger partial charge in [-0.3, -0.25) is 9.59 Å². The molecule has 0 saturated carbocycles. The Balaban J connectivity index is 1.17. The molecule has 5 rings (SSSR count). The molecule has 0 aliphatic carbocycles. The van der Waals surface area contributed by atoms with E-state index in [-0.39, 0.29) is 24.2 Å². The van der Waals surface area contributed by atoms with Gasteiger partial charge in [-0.05, 0) is 56.3 Å². The van der Waals surface area contributed by atoms with E-state index in [9.17, 15) is 9.59 Å². The Morgan fingerprint density at radius 1 is 0.971 bits per heavy atom. The highest BCUT2D eigenvalue weighted by molar-refractivity contribution is 6.00. The van der Waals surface area contributed by atoms with Crippen LogP contribution in [-0.2, 0) is 9.59 Å². The Bertz CT molecular complexity index is 1210. The number of nitrogens with zero attached hydrogens (tertiary/aromatic N) is 7. The molecule has 2 fully saturated rings. The standard InChI is InChI=1S/C25H29N7O3/c1-17-14-18(2)32(28-17)23-9-8-22(26-27-23)29-10-12-30(13-11-29)25(34)19-15-24(33)31(16-19)20-4-6-21(35-3)7-5-20/h4-9,14,19H,10-13,15-16H2,1-3H3. The van der Waals surface area contributed by atoms with Gasteiger partial charge in [0.2, 0.25) is 11.8 Å². The van der Waals surface area contributed by atoms with Crippen LogP contribution >= 0.6 is 0 Å². The maximum Gasteiger partial charge on any atom is 0.228 e. The zero-order valence-electron chi connectivity index (χ0n) is 20.2. The molecule has 2 amide bonds. The molecule has 1 atom stereocenters. The Kier molecular flexibility index (Phi) is 6.10. The van der Waals surface area contributed by atoms with Gasteiger partial charge in [0.1, 0.15) is 5.75 Å². The number of methoxy groups -OCH3 is 1. The first-order valence-electron chi connectivity index (χ1n) is 11.8. The number of ether oxygens (including phenoxy) is 1. The van der Waals surface area contributed by atoms with E-state index in [1.807, 2.05) is 61.2 Å². The molecule has 4 heterocycles. The third kappa shape index (κ3) is 4.55. The number of carbonyl (C=O) groups is 2. The van der Waals surface area contributed by atoms with Crippen LogP contribution in [0.3, 0.4) is 0 Å². The molecule has 10 heteroatoms. The van der Waals surface area contributed by atoms with E-state index in [4.69, 9.17) is 4.74 Å². The first-order chi connectivity index (χ1) is 16.9. The summed E-state index contributed by atoms with van der Waals surface area (Å²) in [4.78, 5) is 31.5. The molecule has 2 aliphatic rings. The van der Waals surface area contributed by atoms with E-state index in [0.29, 0.717) is 38.5 Å². The van der Waals surface area contributed by atoms with Gasteiger partial charge in [0.15, 0.2) is 11.6 Å². The summed E-state index contributed by atoms with van der Waals surface area (Å²) >= 11 is 0. The third-order valence-electron chi connectivity index (χ3n) is 6.64. The maximum absolute atomic E-state index is 13.2. The molecular formula is C25H29N7O3. The van der Waals surface area contributed by atoms with E-state index < -0.39 is 0 Å². The second-order valence-corrected chi connectivity index (χ2v) is 9.00. The minimum atomic E-state index is -0.323. The maximum atomic E-state index is 13.2. The van der Waals surface area contributed by atoms with Crippen LogP contribution in [-0.4, -0.2) is 76.5 Å². The summed E-state index contributed by atoms with van der Waals surface area (Å²) in [6, 6.07) is 13.2. The fourth-order valence-electron chi connectivity index (χ4n) is 4.76. The van der Waals surface area contributed by atoms with Gasteiger partial charge in [-0.2, -0.15) is 5.10 Å². The zero-order chi connectivity index (χ0) is 24.5. The second-order valence-electron chi connectivity index (χ2n) is 9.00. The molecule has 2 aliphatic heterocycles. The highest BCUT2D eigenvalue weighted by Crippen LogP contribution is 2.28. The summed E-state index contributed by atoms with van der Waals surface area (Å²) < 4.78 is 6.97. The first-order valence-corrected chi connectivity index (χ1v) is 11.8. The van der Waals surface area contributed by atoms with E-state index in [1.165, 1.54) is 0 Å². The van der Waals surface area contributed by atoms with Crippen molar-refractivity contribution in [1.82, 2.24) is 24.9 Å². The average Bonchev–Trinajstić information content (AvgIpc) is 3.44. The summed E-state index contributed by atoms with van der Waals surface area (Å²) in [6.07, 6.45) is 0.240. The molecule has 0 bridgehead atoms. The molecule has 10 nitrogen and oxygen atoms in total. The van der Waals surface area contributed by atoms with Crippen molar-refractivity contribution in [3.05, 3.63) is 53.9 Å². The second kappa shape index (κ2) is 9.36. The lowest BCUT2D eigenvalue weighted by molar-refractivity contribution is -0.136. The Labute approximate surface area is 204 Å². The van der Waals surface area contributed by atoms with Crippen LogP contribution in [0.1, 0.15) is 17.8 Å². The zero-order valence-corrected chi connectivity index (χ0v) is 20.2. The van der Waals surface area contributed by atoms with Crippen molar-refractivity contribution in [1.29, 1.82) is 0 Å². The number of aromatic nitrogens is 4. The number of anilines is 2. The highest BCUT2D eigenvalue weighted by atomic mass is 16.5. The van der Waals surface area contributed by atoms with Crippen molar-refractivity contribution in [2.24, 2.45) is 5.92 Å². The smallest absolute Gasteiger partial charge is 0.228 e. The number of hydrogen-bond donors (Lipinski definition) is 0. The number of hydrogen-bond acceptors (Lipinski definition) is 7. The van der Waals surface area contributed by atoms with Crippen molar-refractivity contribution < 1.29 is 14.3 Å². The van der Waals surface area contributed by atoms with Crippen molar-refractivity contribution in [2.45, 2.75) is 20.3 Å². The van der Waals surface area contributed by atoms with Crippen molar-refractivity contribution in [3.8, 4) is 11.6 Å². The number of benzene rings is 1. The monoisotopic (exact) mass is 475 g/mol. The minimum absolute atomic E-state index is 0.0230. The topological polar surface area (TPSA) is 96.7 Å². The van der Waals surface area contributed by atoms with E-state index >= 15 is 0 Å². The lowest BCUT2D eigenvalue weighted by Gasteiger charge is -2.36. The average molecular weight is 476 g/mol. The number of amides is 2. The number of carbonyl (C=O) groups excluding carboxylic acids is 2. The van der Waals surface area contributed by atoms with E-state index in [1.54, 1.807) is 16.7 Å². The van der Waals surface area contributed by atoms with Crippen LogP contribution < -0.4 is 14.5 Å². The summed E-state index contributed by atoms with van der Waals surface area (Å²) in [7, 11) is 1.61. The largest absolute Gasteiger partial charge is 0.497 e. The number of aryl methyl sites for hydroxylation is 2.